The molecule has 0 fully saturated rings. The van der Waals surface area contributed by atoms with Crippen molar-refractivity contribution in [2.24, 2.45) is 5.73 Å². The summed E-state index contributed by atoms with van der Waals surface area (Å²) in [5, 5.41) is 28.3. The number of hydrogen-bond acceptors (Lipinski definition) is 6. The summed E-state index contributed by atoms with van der Waals surface area (Å²) in [5.74, 6) is -1.90. The summed E-state index contributed by atoms with van der Waals surface area (Å²) in [6.45, 7) is 2.55. The van der Waals surface area contributed by atoms with Gasteiger partial charge in [0.1, 0.15) is 12.1 Å². The quantitative estimate of drug-likeness (QED) is 0.344. The molecule has 1 aromatic rings. The minimum Gasteiger partial charge on any atom is -0.480 e. The third-order valence-electron chi connectivity index (χ3n) is 2.66. The van der Waals surface area contributed by atoms with E-state index in [2.05, 4.69) is 15.3 Å². The number of aliphatic hydroxyl groups excluding tert-OH is 1. The van der Waals surface area contributed by atoms with E-state index in [0.29, 0.717) is 12.2 Å². The van der Waals surface area contributed by atoms with Gasteiger partial charge in [0.15, 0.2) is 0 Å². The van der Waals surface area contributed by atoms with E-state index in [1.165, 1.54) is 6.33 Å². The molecule has 22 heavy (non-hydrogen) atoms. The minimum absolute atomic E-state index is 0.0896. The van der Waals surface area contributed by atoms with Crippen LogP contribution in [0.3, 0.4) is 0 Å². The molecule has 0 spiro atoms. The van der Waals surface area contributed by atoms with Gasteiger partial charge in [0.2, 0.25) is 0 Å². The summed E-state index contributed by atoms with van der Waals surface area (Å²) in [6, 6.07) is -1.46. The highest BCUT2D eigenvalue weighted by atomic mass is 16.4. The van der Waals surface area contributed by atoms with Crippen LogP contribution in [-0.4, -0.2) is 62.5 Å². The summed E-state index contributed by atoms with van der Waals surface area (Å²) in [4.78, 5) is 27.2. The van der Waals surface area contributed by atoms with Gasteiger partial charge in [0.25, 0.3) is 0 Å². The first-order valence-electron chi connectivity index (χ1n) is 6.95. The maximum absolute atomic E-state index is 10.4. The van der Waals surface area contributed by atoms with Gasteiger partial charge in [-0.05, 0) is 19.4 Å². The van der Waals surface area contributed by atoms with E-state index >= 15 is 0 Å². The molecular weight excluding hydrogens is 292 g/mol. The Morgan fingerprint density at radius 1 is 1.41 bits per heavy atom. The number of nitrogens with two attached hydrogens (primary N) is 1. The predicted molar refractivity (Wildman–Crippen MR) is 79.3 cm³/mol. The van der Waals surface area contributed by atoms with Crippen molar-refractivity contribution in [3.8, 4) is 0 Å². The van der Waals surface area contributed by atoms with E-state index in [9.17, 15) is 9.59 Å². The highest BCUT2D eigenvalue weighted by molar-refractivity contribution is 5.73. The molecule has 1 rings (SSSR count). The monoisotopic (exact) mass is 316 g/mol. The van der Waals surface area contributed by atoms with Gasteiger partial charge in [0, 0.05) is 19.2 Å². The first-order valence-corrected chi connectivity index (χ1v) is 6.95. The fraction of sp³-hybridized carbons (Fsp3) is 0.615. The topological polar surface area (TPSA) is 162 Å². The van der Waals surface area contributed by atoms with Crippen LogP contribution in [0.4, 0.5) is 0 Å². The largest absolute Gasteiger partial charge is 0.480 e. The predicted octanol–water partition coefficient (Wildman–Crippen LogP) is -0.814. The molecule has 9 heteroatoms. The van der Waals surface area contributed by atoms with Crippen LogP contribution in [0.5, 0.6) is 0 Å². The van der Waals surface area contributed by atoms with Gasteiger partial charge >= 0.3 is 11.9 Å². The molecule has 0 aliphatic carbocycles. The lowest BCUT2D eigenvalue weighted by Gasteiger charge is -2.11. The van der Waals surface area contributed by atoms with Crippen molar-refractivity contribution in [3.05, 3.63) is 18.2 Å². The number of aromatic amines is 1. The lowest BCUT2D eigenvalue weighted by molar-refractivity contribution is -0.140. The number of nitrogens with one attached hydrogen (secondary N) is 2. The number of nitrogens with zero attached hydrogens (tertiary/aromatic N) is 1. The van der Waals surface area contributed by atoms with E-state index in [1.807, 2.05) is 6.92 Å². The molecule has 9 nitrogen and oxygen atoms in total. The number of carboxylic acids is 2. The standard InChI is InChI=1S/C7H15NO3.C6H9N3O2/c1-2-4-8-6(3-5-9)7(10)11;7-5(6(10)11)1-4-2-8-3-9-4/h6,8-9H,2-5H2,1H3,(H,10,11);2-3,5H,1,7H2,(H,8,9)(H,10,11). The molecule has 0 aliphatic heterocycles. The molecule has 0 bridgehead atoms. The molecule has 0 radical (unpaired) electrons. The molecule has 0 aromatic carbocycles. The number of rotatable bonds is 9. The van der Waals surface area contributed by atoms with Gasteiger partial charge in [-0.25, -0.2) is 4.98 Å². The average Bonchev–Trinajstić information content (AvgIpc) is 2.96. The van der Waals surface area contributed by atoms with Crippen LogP contribution in [0.25, 0.3) is 0 Å². The minimum atomic E-state index is -1.01. The van der Waals surface area contributed by atoms with Crippen molar-refractivity contribution in [1.29, 1.82) is 0 Å². The molecule has 0 amide bonds. The van der Waals surface area contributed by atoms with Crippen molar-refractivity contribution in [2.75, 3.05) is 13.2 Å². The van der Waals surface area contributed by atoms with Gasteiger partial charge in [-0.1, -0.05) is 6.92 Å². The third-order valence-corrected chi connectivity index (χ3v) is 2.66. The molecule has 7 N–H and O–H groups in total. The molecule has 0 aliphatic rings. The number of carbonyl (C=O) groups is 2. The number of H-pyrrole nitrogens is 1. The molecule has 0 saturated carbocycles. The Bertz CT molecular complexity index is 424. The van der Waals surface area contributed by atoms with E-state index in [-0.39, 0.29) is 19.4 Å². The SMILES string of the molecule is CCCNC(CCO)C(=O)O.NC(Cc1c[nH]cn1)C(=O)O. The lowest BCUT2D eigenvalue weighted by atomic mass is 10.2. The maximum Gasteiger partial charge on any atom is 0.320 e. The first-order chi connectivity index (χ1) is 10.4. The lowest BCUT2D eigenvalue weighted by Crippen LogP contribution is -2.37. The maximum atomic E-state index is 10.4. The van der Waals surface area contributed by atoms with E-state index in [1.54, 1.807) is 6.20 Å². The summed E-state index contributed by atoms with van der Waals surface area (Å²) in [7, 11) is 0. The van der Waals surface area contributed by atoms with Crippen LogP contribution in [0.1, 0.15) is 25.5 Å². The second kappa shape index (κ2) is 11.7. The van der Waals surface area contributed by atoms with Gasteiger partial charge in [-0.3, -0.25) is 9.59 Å². The van der Waals surface area contributed by atoms with Crippen molar-refractivity contribution in [3.63, 3.8) is 0 Å². The molecule has 1 heterocycles. The van der Waals surface area contributed by atoms with Crippen molar-refractivity contribution >= 4 is 11.9 Å². The number of aliphatic carboxylic acids is 2. The summed E-state index contributed by atoms with van der Waals surface area (Å²) in [6.07, 6.45) is 4.55. The zero-order valence-electron chi connectivity index (χ0n) is 12.5. The Kier molecular flexibility index (Phi) is 10.6. The van der Waals surface area contributed by atoms with Crippen molar-refractivity contribution in [2.45, 2.75) is 38.3 Å². The van der Waals surface area contributed by atoms with Gasteiger partial charge in [-0.2, -0.15) is 0 Å². The number of carboxylic acid groups (broad SMARTS) is 2. The third kappa shape index (κ3) is 9.06. The molecular formula is C13H24N4O5. The van der Waals surface area contributed by atoms with Crippen molar-refractivity contribution < 1.29 is 24.9 Å². The Labute approximate surface area is 128 Å². The zero-order chi connectivity index (χ0) is 17.0. The fourth-order valence-electron chi connectivity index (χ4n) is 1.48. The smallest absolute Gasteiger partial charge is 0.320 e. The number of aliphatic hydroxyl groups is 1. The van der Waals surface area contributed by atoms with Crippen LogP contribution < -0.4 is 11.1 Å². The zero-order valence-corrected chi connectivity index (χ0v) is 12.5. The Morgan fingerprint density at radius 3 is 2.50 bits per heavy atom. The van der Waals surface area contributed by atoms with Gasteiger partial charge < -0.3 is 31.4 Å². The number of aromatic nitrogens is 2. The van der Waals surface area contributed by atoms with E-state index in [0.717, 1.165) is 6.42 Å². The Morgan fingerprint density at radius 2 is 2.09 bits per heavy atom. The van der Waals surface area contributed by atoms with E-state index < -0.39 is 24.0 Å². The summed E-state index contributed by atoms with van der Waals surface area (Å²) in [5.41, 5.74) is 5.92. The highest BCUT2D eigenvalue weighted by Gasteiger charge is 2.14. The van der Waals surface area contributed by atoms with Gasteiger partial charge in [-0.15, -0.1) is 0 Å². The fourth-order valence-corrected chi connectivity index (χ4v) is 1.48. The highest BCUT2D eigenvalue weighted by Crippen LogP contribution is 1.95. The molecule has 126 valence electrons. The molecule has 2 unspecified atom stereocenters. The summed E-state index contributed by atoms with van der Waals surface area (Å²) < 4.78 is 0. The van der Waals surface area contributed by atoms with Crippen LogP contribution in [0.2, 0.25) is 0 Å². The molecule has 1 aromatic heterocycles. The van der Waals surface area contributed by atoms with Crippen LogP contribution in [0.15, 0.2) is 12.5 Å². The number of imidazole rings is 1. The van der Waals surface area contributed by atoms with Crippen LogP contribution in [-0.2, 0) is 16.0 Å². The van der Waals surface area contributed by atoms with Crippen LogP contribution >= 0.6 is 0 Å². The Hall–Kier alpha value is -1.97. The molecule has 0 saturated heterocycles. The Balaban J connectivity index is 0.000000401. The number of hydrogen-bond donors (Lipinski definition) is 6. The van der Waals surface area contributed by atoms with Crippen LogP contribution in [0, 0.1) is 0 Å². The average molecular weight is 316 g/mol. The second-order valence-electron chi connectivity index (χ2n) is 4.57. The summed E-state index contributed by atoms with van der Waals surface area (Å²) >= 11 is 0. The normalized spacial score (nSPS) is 12.9. The van der Waals surface area contributed by atoms with Gasteiger partial charge in [0.05, 0.1) is 12.0 Å². The second-order valence-corrected chi connectivity index (χ2v) is 4.57. The molecule has 2 atom stereocenters. The van der Waals surface area contributed by atoms with E-state index in [4.69, 9.17) is 21.1 Å². The van der Waals surface area contributed by atoms with Crippen molar-refractivity contribution in [1.82, 2.24) is 15.3 Å². The first kappa shape index (κ1) is 20.0.